The molecule has 0 bridgehead atoms. The highest BCUT2D eigenvalue weighted by Crippen LogP contribution is 2.28. The van der Waals surface area contributed by atoms with Crippen molar-refractivity contribution >= 4 is 39.7 Å². The summed E-state index contributed by atoms with van der Waals surface area (Å²) in [5.74, 6) is 0.798. The van der Waals surface area contributed by atoms with Gasteiger partial charge in [0.15, 0.2) is 0 Å². The lowest BCUT2D eigenvalue weighted by molar-refractivity contribution is -0.385. The third-order valence-corrected chi connectivity index (χ3v) is 3.72. The Morgan fingerprint density at radius 1 is 1.25 bits per heavy atom. The molecule has 0 fully saturated rings. The molecule has 0 aliphatic carbocycles. The van der Waals surface area contributed by atoms with Crippen LogP contribution in [0, 0.1) is 20.6 Å². The number of ether oxygens (including phenoxy) is 1. The van der Waals surface area contributed by atoms with Crippen molar-refractivity contribution < 1.29 is 9.66 Å². The van der Waals surface area contributed by atoms with Gasteiger partial charge in [0.25, 0.3) is 5.69 Å². The van der Waals surface area contributed by atoms with Gasteiger partial charge in [-0.25, -0.2) is 0 Å². The summed E-state index contributed by atoms with van der Waals surface area (Å²) in [5.41, 5.74) is 2.91. The number of aryl methyl sites for hydroxylation is 1. The summed E-state index contributed by atoms with van der Waals surface area (Å²) < 4.78 is 5.76. The van der Waals surface area contributed by atoms with Crippen LogP contribution in [0.1, 0.15) is 5.56 Å². The molecule has 0 saturated heterocycles. The second kappa shape index (κ2) is 6.08. The maximum Gasteiger partial charge on any atom is 0.282 e. The Morgan fingerprint density at radius 3 is 2.55 bits per heavy atom. The molecule has 0 unspecified atom stereocenters. The van der Waals surface area contributed by atoms with Crippen molar-refractivity contribution in [2.24, 2.45) is 0 Å². The molecule has 0 atom stereocenters. The second-order valence-corrected chi connectivity index (χ2v) is 5.39. The van der Waals surface area contributed by atoms with Crippen LogP contribution in [-0.4, -0.2) is 12.0 Å². The standard InChI is InChI=1S/C14H13IN2O3/c1-9-7-11(20-2)4-5-13(9)16-10-3-6-14(17(18)19)12(15)8-10/h3-8,16H,1-2H3. The van der Waals surface area contributed by atoms with Gasteiger partial charge >= 0.3 is 0 Å². The van der Waals surface area contributed by atoms with E-state index in [2.05, 4.69) is 5.32 Å². The molecule has 0 amide bonds. The second-order valence-electron chi connectivity index (χ2n) is 4.23. The zero-order valence-corrected chi connectivity index (χ0v) is 13.2. The molecule has 0 aliphatic heterocycles. The number of hydrogen-bond acceptors (Lipinski definition) is 4. The van der Waals surface area contributed by atoms with E-state index in [0.717, 1.165) is 22.7 Å². The van der Waals surface area contributed by atoms with Crippen molar-refractivity contribution in [1.29, 1.82) is 0 Å². The van der Waals surface area contributed by atoms with E-state index in [1.54, 1.807) is 19.2 Å². The summed E-state index contributed by atoms with van der Waals surface area (Å²) in [6.45, 7) is 1.97. The highest BCUT2D eigenvalue weighted by Gasteiger charge is 2.11. The van der Waals surface area contributed by atoms with E-state index in [0.29, 0.717) is 3.57 Å². The maximum absolute atomic E-state index is 10.8. The van der Waals surface area contributed by atoms with Crippen LogP contribution in [-0.2, 0) is 0 Å². The number of nitro benzene ring substituents is 1. The number of anilines is 2. The SMILES string of the molecule is COc1ccc(Nc2ccc([N+](=O)[O-])c(I)c2)c(C)c1. The molecule has 20 heavy (non-hydrogen) atoms. The Bertz CT molecular complexity index is 659. The van der Waals surface area contributed by atoms with Crippen molar-refractivity contribution in [1.82, 2.24) is 0 Å². The Balaban J connectivity index is 2.26. The zero-order chi connectivity index (χ0) is 14.7. The molecule has 2 aromatic carbocycles. The van der Waals surface area contributed by atoms with Gasteiger partial charge in [0.05, 0.1) is 15.6 Å². The Morgan fingerprint density at radius 2 is 2.00 bits per heavy atom. The van der Waals surface area contributed by atoms with E-state index in [9.17, 15) is 10.1 Å². The first kappa shape index (κ1) is 14.6. The lowest BCUT2D eigenvalue weighted by atomic mass is 10.2. The minimum absolute atomic E-state index is 0.114. The number of hydrogen-bond donors (Lipinski definition) is 1. The molecule has 0 radical (unpaired) electrons. The molecule has 0 aliphatic rings. The summed E-state index contributed by atoms with van der Waals surface area (Å²) >= 11 is 1.96. The van der Waals surface area contributed by atoms with Crippen LogP contribution in [0.15, 0.2) is 36.4 Å². The first-order valence-corrected chi connectivity index (χ1v) is 6.94. The molecule has 1 N–H and O–H groups in total. The van der Waals surface area contributed by atoms with Gasteiger partial charge in [0.1, 0.15) is 5.75 Å². The quantitative estimate of drug-likeness (QED) is 0.486. The van der Waals surface area contributed by atoms with Crippen LogP contribution >= 0.6 is 22.6 Å². The molecule has 2 rings (SSSR count). The molecule has 0 heterocycles. The van der Waals surface area contributed by atoms with Gasteiger partial charge in [-0.2, -0.15) is 0 Å². The van der Waals surface area contributed by atoms with Gasteiger partial charge in [-0.3, -0.25) is 10.1 Å². The van der Waals surface area contributed by atoms with Gasteiger partial charge in [-0.05, 0) is 65.4 Å². The lowest BCUT2D eigenvalue weighted by Gasteiger charge is -2.11. The van der Waals surface area contributed by atoms with Crippen LogP contribution in [0.3, 0.4) is 0 Å². The minimum Gasteiger partial charge on any atom is -0.497 e. The molecule has 2 aromatic rings. The normalized spacial score (nSPS) is 10.2. The van der Waals surface area contributed by atoms with Crippen molar-refractivity contribution in [3.8, 4) is 5.75 Å². The number of nitrogens with one attached hydrogen (secondary N) is 1. The largest absolute Gasteiger partial charge is 0.497 e. The fourth-order valence-electron chi connectivity index (χ4n) is 1.79. The lowest BCUT2D eigenvalue weighted by Crippen LogP contribution is -1.96. The molecule has 104 valence electrons. The van der Waals surface area contributed by atoms with Crippen molar-refractivity contribution in [2.45, 2.75) is 6.92 Å². The smallest absolute Gasteiger partial charge is 0.282 e. The van der Waals surface area contributed by atoms with E-state index in [-0.39, 0.29) is 10.6 Å². The molecular weight excluding hydrogens is 371 g/mol. The summed E-state index contributed by atoms with van der Waals surface area (Å²) in [6, 6.07) is 10.7. The monoisotopic (exact) mass is 384 g/mol. The number of rotatable bonds is 4. The van der Waals surface area contributed by atoms with Crippen LogP contribution in [0.25, 0.3) is 0 Å². The van der Waals surface area contributed by atoms with E-state index >= 15 is 0 Å². The Kier molecular flexibility index (Phi) is 4.43. The maximum atomic E-state index is 10.8. The van der Waals surface area contributed by atoms with E-state index in [4.69, 9.17) is 4.74 Å². The summed E-state index contributed by atoms with van der Waals surface area (Å²) in [7, 11) is 1.63. The van der Waals surface area contributed by atoms with E-state index in [1.165, 1.54) is 6.07 Å². The first-order chi connectivity index (χ1) is 9.51. The molecule has 0 spiro atoms. The van der Waals surface area contributed by atoms with Gasteiger partial charge < -0.3 is 10.1 Å². The molecule has 5 nitrogen and oxygen atoms in total. The van der Waals surface area contributed by atoms with Crippen LogP contribution in [0.5, 0.6) is 5.75 Å². The fourth-order valence-corrected chi connectivity index (χ4v) is 2.50. The number of nitrogens with zero attached hydrogens (tertiary/aromatic N) is 1. The fraction of sp³-hybridized carbons (Fsp3) is 0.143. The Hall–Kier alpha value is -1.83. The van der Waals surface area contributed by atoms with Gasteiger partial charge in [0.2, 0.25) is 0 Å². The topological polar surface area (TPSA) is 64.4 Å². The average molecular weight is 384 g/mol. The molecule has 0 aromatic heterocycles. The van der Waals surface area contributed by atoms with Gasteiger partial charge in [-0.15, -0.1) is 0 Å². The van der Waals surface area contributed by atoms with Crippen LogP contribution in [0.2, 0.25) is 0 Å². The van der Waals surface area contributed by atoms with Crippen LogP contribution < -0.4 is 10.1 Å². The minimum atomic E-state index is -0.385. The van der Waals surface area contributed by atoms with Gasteiger partial charge in [-0.1, -0.05) is 0 Å². The summed E-state index contributed by atoms with van der Waals surface area (Å²) in [6.07, 6.45) is 0. The summed E-state index contributed by atoms with van der Waals surface area (Å²) in [4.78, 5) is 10.4. The van der Waals surface area contributed by atoms with Crippen molar-refractivity contribution in [3.63, 3.8) is 0 Å². The highest BCUT2D eigenvalue weighted by molar-refractivity contribution is 14.1. The van der Waals surface area contributed by atoms with Crippen LogP contribution in [0.4, 0.5) is 17.1 Å². The number of methoxy groups -OCH3 is 1. The first-order valence-electron chi connectivity index (χ1n) is 5.87. The predicted molar refractivity (Wildman–Crippen MR) is 86.8 cm³/mol. The summed E-state index contributed by atoms with van der Waals surface area (Å²) in [5, 5.41) is 14.0. The Labute approximate surface area is 130 Å². The third-order valence-electron chi connectivity index (χ3n) is 2.86. The number of benzene rings is 2. The zero-order valence-electron chi connectivity index (χ0n) is 11.0. The van der Waals surface area contributed by atoms with Crippen molar-refractivity contribution in [2.75, 3.05) is 12.4 Å². The third kappa shape index (κ3) is 3.19. The molecular formula is C14H13IN2O3. The number of nitro groups is 1. The predicted octanol–water partition coefficient (Wildman–Crippen LogP) is 4.26. The highest BCUT2D eigenvalue weighted by atomic mass is 127. The van der Waals surface area contributed by atoms with E-state index < -0.39 is 0 Å². The molecule has 0 saturated carbocycles. The van der Waals surface area contributed by atoms with E-state index in [1.807, 2.05) is 47.7 Å². The van der Waals surface area contributed by atoms with Crippen molar-refractivity contribution in [3.05, 3.63) is 55.6 Å². The molecule has 6 heteroatoms. The number of halogens is 1. The average Bonchev–Trinajstić information content (AvgIpc) is 2.40. The van der Waals surface area contributed by atoms with Gasteiger partial charge in [0, 0.05) is 17.4 Å².